The van der Waals surface area contributed by atoms with Crippen LogP contribution in [0.3, 0.4) is 0 Å². The first-order valence-electron chi connectivity index (χ1n) is 5.55. The van der Waals surface area contributed by atoms with Crippen molar-refractivity contribution in [2.75, 3.05) is 13.2 Å². The summed E-state index contributed by atoms with van der Waals surface area (Å²) in [5, 5.41) is 32.0. The van der Waals surface area contributed by atoms with Crippen LogP contribution in [-0.2, 0) is 18.9 Å². The Kier molecular flexibility index (Phi) is 11.5. The topological polar surface area (TPSA) is 186 Å². The first-order valence-corrected chi connectivity index (χ1v) is 5.55. The normalized spacial score (nSPS) is 11.7. The van der Waals surface area contributed by atoms with Gasteiger partial charge in [0.2, 0.25) is 0 Å². The number of rotatable bonds is 6. The molecular weight excluding hydrogens is 312 g/mol. The minimum Gasteiger partial charge on any atom is -0.450 e. The van der Waals surface area contributed by atoms with Crippen LogP contribution in [0.4, 0.5) is 19.2 Å². The molecule has 12 heteroatoms. The molecule has 128 valence electrons. The molecule has 0 aromatic carbocycles. The largest absolute Gasteiger partial charge is 0.506 e. The SMILES string of the molecule is CC(COC(=O)O)OC(=O)O.CC(COC(=O)O)OC(=O)O. The van der Waals surface area contributed by atoms with Crippen molar-refractivity contribution < 1.29 is 58.6 Å². The third-order valence-corrected chi connectivity index (χ3v) is 1.49. The third kappa shape index (κ3) is 19.4. The van der Waals surface area contributed by atoms with Crippen LogP contribution in [0.1, 0.15) is 13.8 Å². The summed E-state index contributed by atoms with van der Waals surface area (Å²) in [5.41, 5.74) is 0. The Balaban J connectivity index is 0. The number of hydrogen-bond acceptors (Lipinski definition) is 8. The smallest absolute Gasteiger partial charge is 0.450 e. The van der Waals surface area contributed by atoms with Crippen LogP contribution in [0.2, 0.25) is 0 Å². The predicted octanol–water partition coefficient (Wildman–Crippen LogP) is 1.53. The number of hydrogen-bond donors (Lipinski definition) is 4. The molecule has 4 N–H and O–H groups in total. The van der Waals surface area contributed by atoms with Gasteiger partial charge in [-0.1, -0.05) is 0 Å². The Labute approximate surface area is 123 Å². The van der Waals surface area contributed by atoms with Gasteiger partial charge in [-0.2, -0.15) is 0 Å². The second kappa shape index (κ2) is 11.9. The van der Waals surface area contributed by atoms with Gasteiger partial charge >= 0.3 is 24.6 Å². The average molecular weight is 328 g/mol. The Hall–Kier alpha value is -2.92. The molecule has 0 heterocycles. The molecule has 0 rings (SSSR count). The van der Waals surface area contributed by atoms with Crippen LogP contribution >= 0.6 is 0 Å². The molecule has 0 fully saturated rings. The zero-order chi connectivity index (χ0) is 17.7. The molecule has 0 radical (unpaired) electrons. The fourth-order valence-corrected chi connectivity index (χ4v) is 0.790. The average Bonchev–Trinajstić information content (AvgIpc) is 2.33. The lowest BCUT2D eigenvalue weighted by Crippen LogP contribution is -2.20. The zero-order valence-electron chi connectivity index (χ0n) is 11.6. The van der Waals surface area contributed by atoms with Crippen molar-refractivity contribution >= 4 is 24.6 Å². The first-order chi connectivity index (χ1) is 10.0. The van der Waals surface area contributed by atoms with Crippen molar-refractivity contribution in [1.29, 1.82) is 0 Å². The maximum Gasteiger partial charge on any atom is 0.506 e. The molecule has 0 aliphatic rings. The van der Waals surface area contributed by atoms with Crippen molar-refractivity contribution in [2.24, 2.45) is 0 Å². The third-order valence-electron chi connectivity index (χ3n) is 1.49. The van der Waals surface area contributed by atoms with Gasteiger partial charge in [0.25, 0.3) is 0 Å². The zero-order valence-corrected chi connectivity index (χ0v) is 11.6. The van der Waals surface area contributed by atoms with Crippen molar-refractivity contribution in [3.8, 4) is 0 Å². The molecule has 0 aromatic rings. The highest BCUT2D eigenvalue weighted by atomic mass is 16.7. The summed E-state index contributed by atoms with van der Waals surface area (Å²) in [4.78, 5) is 39.2. The molecule has 12 nitrogen and oxygen atoms in total. The molecule has 0 aliphatic heterocycles. The molecule has 0 amide bonds. The van der Waals surface area contributed by atoms with E-state index < -0.39 is 36.8 Å². The van der Waals surface area contributed by atoms with Gasteiger partial charge in [-0.05, 0) is 13.8 Å². The van der Waals surface area contributed by atoms with Gasteiger partial charge in [0.05, 0.1) is 0 Å². The highest BCUT2D eigenvalue weighted by Gasteiger charge is 2.10. The molecule has 0 aliphatic carbocycles. The predicted molar refractivity (Wildman–Crippen MR) is 65.1 cm³/mol. The number of ether oxygens (including phenoxy) is 4. The highest BCUT2D eigenvalue weighted by molar-refractivity contribution is 5.58. The second-order valence-electron chi connectivity index (χ2n) is 3.54. The number of carboxylic acid groups (broad SMARTS) is 4. The summed E-state index contributed by atoms with van der Waals surface area (Å²) in [6.45, 7) is 2.19. The van der Waals surface area contributed by atoms with E-state index in [1.807, 2.05) is 0 Å². The standard InChI is InChI=1S/2C5H8O6/c2*1-3(11-5(8)9)2-10-4(6)7/h2*3H,2H2,1H3,(H,6,7)(H,8,9). The minimum absolute atomic E-state index is 0.290. The fraction of sp³-hybridized carbons (Fsp3) is 0.600. The quantitative estimate of drug-likeness (QED) is 0.407. The molecule has 0 aromatic heterocycles. The lowest BCUT2D eigenvalue weighted by molar-refractivity contribution is 0.0122. The van der Waals surface area contributed by atoms with Gasteiger partial charge in [-0.15, -0.1) is 0 Å². The van der Waals surface area contributed by atoms with E-state index in [-0.39, 0.29) is 13.2 Å². The molecule has 0 saturated carbocycles. The summed E-state index contributed by atoms with van der Waals surface area (Å²) in [5.74, 6) is 0. The van der Waals surface area contributed by atoms with E-state index in [9.17, 15) is 19.2 Å². The van der Waals surface area contributed by atoms with Crippen molar-refractivity contribution in [1.82, 2.24) is 0 Å². The maximum absolute atomic E-state index is 9.83. The molecule has 2 atom stereocenters. The van der Waals surface area contributed by atoms with Crippen LogP contribution in [0.25, 0.3) is 0 Å². The van der Waals surface area contributed by atoms with Gasteiger partial charge in [-0.3, -0.25) is 0 Å². The minimum atomic E-state index is -1.45. The molecule has 0 saturated heterocycles. The van der Waals surface area contributed by atoms with Crippen molar-refractivity contribution in [3.63, 3.8) is 0 Å². The fourth-order valence-electron chi connectivity index (χ4n) is 0.790. The van der Waals surface area contributed by atoms with Gasteiger partial charge in [0.15, 0.2) is 0 Å². The molecular formula is C10H16O12. The first kappa shape index (κ1) is 21.4. The van der Waals surface area contributed by atoms with Crippen molar-refractivity contribution in [3.05, 3.63) is 0 Å². The van der Waals surface area contributed by atoms with E-state index in [1.54, 1.807) is 0 Å². The van der Waals surface area contributed by atoms with Gasteiger partial charge in [0.1, 0.15) is 25.4 Å². The Morgan fingerprint density at radius 3 is 1.14 bits per heavy atom. The summed E-state index contributed by atoms with van der Waals surface area (Å²) in [7, 11) is 0. The van der Waals surface area contributed by atoms with E-state index >= 15 is 0 Å². The van der Waals surface area contributed by atoms with Crippen LogP contribution in [-0.4, -0.2) is 70.5 Å². The monoisotopic (exact) mass is 328 g/mol. The van der Waals surface area contributed by atoms with E-state index in [0.29, 0.717) is 0 Å². The Morgan fingerprint density at radius 2 is 0.955 bits per heavy atom. The van der Waals surface area contributed by atoms with E-state index in [2.05, 4.69) is 18.9 Å². The van der Waals surface area contributed by atoms with Crippen LogP contribution < -0.4 is 0 Å². The second-order valence-corrected chi connectivity index (χ2v) is 3.54. The lowest BCUT2D eigenvalue weighted by atomic mass is 10.4. The van der Waals surface area contributed by atoms with E-state index in [0.717, 1.165) is 0 Å². The van der Waals surface area contributed by atoms with Gasteiger partial charge in [-0.25, -0.2) is 19.2 Å². The van der Waals surface area contributed by atoms with Gasteiger partial charge in [0, 0.05) is 0 Å². The van der Waals surface area contributed by atoms with E-state index in [1.165, 1.54) is 13.8 Å². The summed E-state index contributed by atoms with van der Waals surface area (Å²) in [6.07, 6.45) is -7.36. The van der Waals surface area contributed by atoms with Crippen LogP contribution in [0.5, 0.6) is 0 Å². The molecule has 22 heavy (non-hydrogen) atoms. The van der Waals surface area contributed by atoms with E-state index in [4.69, 9.17) is 20.4 Å². The summed E-state index contributed by atoms with van der Waals surface area (Å²) >= 11 is 0. The van der Waals surface area contributed by atoms with Crippen molar-refractivity contribution in [2.45, 2.75) is 26.1 Å². The van der Waals surface area contributed by atoms with Crippen LogP contribution in [0, 0.1) is 0 Å². The number of carbonyl (C=O) groups is 4. The Bertz CT molecular complexity index is 342. The highest BCUT2D eigenvalue weighted by Crippen LogP contribution is 1.93. The molecule has 2 unspecified atom stereocenters. The van der Waals surface area contributed by atoms with Crippen LogP contribution in [0.15, 0.2) is 0 Å². The summed E-state index contributed by atoms with van der Waals surface area (Å²) < 4.78 is 16.3. The lowest BCUT2D eigenvalue weighted by Gasteiger charge is -2.08. The molecule has 0 bridgehead atoms. The van der Waals surface area contributed by atoms with Gasteiger partial charge < -0.3 is 39.4 Å². The molecule has 0 spiro atoms. The Morgan fingerprint density at radius 1 is 0.682 bits per heavy atom. The maximum atomic E-state index is 9.83. The summed E-state index contributed by atoms with van der Waals surface area (Å²) in [6, 6.07) is 0.